The Morgan fingerprint density at radius 2 is 2.37 bits per heavy atom. The molecule has 19 heavy (non-hydrogen) atoms. The molecule has 0 amide bonds. The molecular weight excluding hydrogens is 238 g/mol. The second-order valence-electron chi connectivity index (χ2n) is 5.79. The number of benzene rings is 1. The molecule has 3 nitrogen and oxygen atoms in total. The second-order valence-corrected chi connectivity index (χ2v) is 5.79. The maximum Gasteiger partial charge on any atom is 0.0791 e. The summed E-state index contributed by atoms with van der Waals surface area (Å²) in [5.74, 6) is 0. The van der Waals surface area contributed by atoms with E-state index >= 15 is 0 Å². The van der Waals surface area contributed by atoms with Crippen molar-refractivity contribution >= 4 is 5.69 Å². The highest BCUT2D eigenvalue weighted by Crippen LogP contribution is 2.31. The van der Waals surface area contributed by atoms with Crippen molar-refractivity contribution in [3.8, 4) is 0 Å². The smallest absolute Gasteiger partial charge is 0.0791 e. The van der Waals surface area contributed by atoms with Crippen LogP contribution in [0.3, 0.4) is 0 Å². The number of hydrogen-bond acceptors (Lipinski definition) is 3. The van der Waals surface area contributed by atoms with E-state index in [9.17, 15) is 5.11 Å². The number of rotatable bonds is 4. The lowest BCUT2D eigenvalue weighted by Crippen LogP contribution is -2.12. The molecule has 2 heterocycles. The molecular formula is C16H23NO2. The van der Waals surface area contributed by atoms with E-state index in [1.165, 1.54) is 17.7 Å². The van der Waals surface area contributed by atoms with Crippen LogP contribution in [0.25, 0.3) is 0 Å². The highest BCUT2D eigenvalue weighted by molar-refractivity contribution is 5.58. The molecule has 0 bridgehead atoms. The first-order chi connectivity index (χ1) is 9.24. The molecule has 2 aliphatic heterocycles. The van der Waals surface area contributed by atoms with E-state index in [2.05, 4.69) is 30.1 Å². The van der Waals surface area contributed by atoms with Crippen LogP contribution in [0.2, 0.25) is 0 Å². The number of likely N-dealkylation sites (N-methyl/N-ethyl adjacent to an activating group) is 1. The van der Waals surface area contributed by atoms with Gasteiger partial charge in [-0.3, -0.25) is 0 Å². The van der Waals surface area contributed by atoms with Gasteiger partial charge in [0.05, 0.1) is 12.2 Å². The average molecular weight is 261 g/mol. The van der Waals surface area contributed by atoms with Crippen LogP contribution in [0, 0.1) is 0 Å². The van der Waals surface area contributed by atoms with Crippen LogP contribution in [0.1, 0.15) is 42.9 Å². The molecule has 1 fully saturated rings. The zero-order valence-corrected chi connectivity index (χ0v) is 11.6. The Kier molecular flexibility index (Phi) is 3.76. The van der Waals surface area contributed by atoms with Crippen molar-refractivity contribution in [2.24, 2.45) is 0 Å². The molecule has 1 aromatic rings. The third-order valence-corrected chi connectivity index (χ3v) is 4.40. The van der Waals surface area contributed by atoms with Crippen molar-refractivity contribution in [2.45, 2.75) is 44.3 Å². The molecule has 3 rings (SSSR count). The molecule has 2 aliphatic rings. The fourth-order valence-electron chi connectivity index (χ4n) is 3.18. The van der Waals surface area contributed by atoms with Gasteiger partial charge in [-0.1, -0.05) is 12.1 Å². The van der Waals surface area contributed by atoms with E-state index in [1.807, 2.05) is 0 Å². The summed E-state index contributed by atoms with van der Waals surface area (Å²) in [7, 11) is 2.12. The minimum absolute atomic E-state index is 0.347. The molecule has 0 aliphatic carbocycles. The monoisotopic (exact) mass is 261 g/mol. The Balaban J connectivity index is 1.61. The first-order valence-corrected chi connectivity index (χ1v) is 7.37. The molecule has 1 N–H and O–H groups in total. The Labute approximate surface area is 115 Å². The highest BCUT2D eigenvalue weighted by atomic mass is 16.5. The summed E-state index contributed by atoms with van der Waals surface area (Å²) in [6, 6.07) is 6.40. The van der Waals surface area contributed by atoms with Gasteiger partial charge in [-0.15, -0.1) is 0 Å². The van der Waals surface area contributed by atoms with Gasteiger partial charge in [0, 0.05) is 25.9 Å². The summed E-state index contributed by atoms with van der Waals surface area (Å²) in [6.07, 6.45) is 5.22. The van der Waals surface area contributed by atoms with Crippen molar-refractivity contribution in [1.29, 1.82) is 0 Å². The molecule has 0 radical (unpaired) electrons. The molecule has 2 unspecified atom stereocenters. The Hall–Kier alpha value is -1.06. The molecule has 1 aromatic carbocycles. The van der Waals surface area contributed by atoms with Crippen molar-refractivity contribution < 1.29 is 9.84 Å². The van der Waals surface area contributed by atoms with Gasteiger partial charge in [-0.2, -0.15) is 0 Å². The van der Waals surface area contributed by atoms with E-state index in [0.717, 1.165) is 44.4 Å². The number of anilines is 1. The molecule has 2 atom stereocenters. The first-order valence-electron chi connectivity index (χ1n) is 7.37. The average Bonchev–Trinajstić information content (AvgIpc) is 3.06. The van der Waals surface area contributed by atoms with Crippen LogP contribution < -0.4 is 4.90 Å². The number of nitrogens with zero attached hydrogens (tertiary/aromatic N) is 1. The zero-order valence-electron chi connectivity index (χ0n) is 11.6. The third-order valence-electron chi connectivity index (χ3n) is 4.40. The standard InChI is InChI=1S/C16H23NO2/c1-17-9-8-12-11-13(4-6-15(12)17)16(18)7-5-14-3-2-10-19-14/h4,6,11,14,16,18H,2-3,5,7-10H2,1H3. The first kappa shape index (κ1) is 12.9. The normalized spacial score (nSPS) is 23.7. The van der Waals surface area contributed by atoms with Crippen molar-refractivity contribution in [3.63, 3.8) is 0 Å². The van der Waals surface area contributed by atoms with Gasteiger partial charge in [-0.05, 0) is 49.3 Å². The molecule has 1 saturated heterocycles. The van der Waals surface area contributed by atoms with Gasteiger partial charge >= 0.3 is 0 Å². The van der Waals surface area contributed by atoms with Gasteiger partial charge in [0.1, 0.15) is 0 Å². The molecule has 0 aromatic heterocycles. The lowest BCUT2D eigenvalue weighted by molar-refractivity contribution is 0.0812. The number of hydrogen-bond donors (Lipinski definition) is 1. The Morgan fingerprint density at radius 3 is 3.16 bits per heavy atom. The van der Waals surface area contributed by atoms with Gasteiger partial charge in [-0.25, -0.2) is 0 Å². The maximum absolute atomic E-state index is 10.3. The van der Waals surface area contributed by atoms with Crippen LogP contribution in [-0.4, -0.2) is 31.4 Å². The number of aliphatic hydroxyl groups is 1. The molecule has 3 heteroatoms. The largest absolute Gasteiger partial charge is 0.388 e. The van der Waals surface area contributed by atoms with E-state index < -0.39 is 0 Å². The topological polar surface area (TPSA) is 32.7 Å². The van der Waals surface area contributed by atoms with Gasteiger partial charge in [0.25, 0.3) is 0 Å². The summed E-state index contributed by atoms with van der Waals surface area (Å²) in [5.41, 5.74) is 3.75. The summed E-state index contributed by atoms with van der Waals surface area (Å²) in [5, 5.41) is 10.3. The van der Waals surface area contributed by atoms with Crippen LogP contribution >= 0.6 is 0 Å². The van der Waals surface area contributed by atoms with Gasteiger partial charge < -0.3 is 14.7 Å². The SMILES string of the molecule is CN1CCc2cc(C(O)CCC3CCCO3)ccc21. The summed E-state index contributed by atoms with van der Waals surface area (Å²) >= 11 is 0. The molecule has 0 saturated carbocycles. The third kappa shape index (κ3) is 2.77. The van der Waals surface area contributed by atoms with E-state index in [0.29, 0.717) is 6.10 Å². The Bertz CT molecular complexity index is 440. The van der Waals surface area contributed by atoms with Crippen molar-refractivity contribution in [2.75, 3.05) is 25.1 Å². The second kappa shape index (κ2) is 5.51. The van der Waals surface area contributed by atoms with Gasteiger partial charge in [0.2, 0.25) is 0 Å². The van der Waals surface area contributed by atoms with Crippen molar-refractivity contribution in [3.05, 3.63) is 29.3 Å². The highest BCUT2D eigenvalue weighted by Gasteiger charge is 2.20. The van der Waals surface area contributed by atoms with Crippen LogP contribution in [0.4, 0.5) is 5.69 Å². The predicted octanol–water partition coefficient (Wildman–Crippen LogP) is 2.67. The van der Waals surface area contributed by atoms with E-state index in [-0.39, 0.29) is 6.10 Å². The van der Waals surface area contributed by atoms with E-state index in [1.54, 1.807) is 0 Å². The maximum atomic E-state index is 10.3. The predicted molar refractivity (Wildman–Crippen MR) is 76.6 cm³/mol. The summed E-state index contributed by atoms with van der Waals surface area (Å²) < 4.78 is 5.61. The summed E-state index contributed by atoms with van der Waals surface area (Å²) in [4.78, 5) is 2.28. The van der Waals surface area contributed by atoms with Crippen LogP contribution in [0.5, 0.6) is 0 Å². The van der Waals surface area contributed by atoms with Crippen molar-refractivity contribution in [1.82, 2.24) is 0 Å². The molecule has 104 valence electrons. The zero-order chi connectivity index (χ0) is 13.2. The van der Waals surface area contributed by atoms with Crippen LogP contribution in [-0.2, 0) is 11.2 Å². The number of ether oxygens (including phenoxy) is 1. The molecule has 0 spiro atoms. The minimum Gasteiger partial charge on any atom is -0.388 e. The van der Waals surface area contributed by atoms with Gasteiger partial charge in [0.15, 0.2) is 0 Å². The van der Waals surface area contributed by atoms with E-state index in [4.69, 9.17) is 4.74 Å². The number of fused-ring (bicyclic) bond motifs is 1. The lowest BCUT2D eigenvalue weighted by Gasteiger charge is -2.16. The quantitative estimate of drug-likeness (QED) is 0.904. The fourth-order valence-corrected chi connectivity index (χ4v) is 3.18. The minimum atomic E-state index is -0.347. The fraction of sp³-hybridized carbons (Fsp3) is 0.625. The van der Waals surface area contributed by atoms with Crippen LogP contribution in [0.15, 0.2) is 18.2 Å². The summed E-state index contributed by atoms with van der Waals surface area (Å²) in [6.45, 7) is 1.98. The number of aliphatic hydroxyl groups excluding tert-OH is 1. The Morgan fingerprint density at radius 1 is 1.47 bits per heavy atom. The lowest BCUT2D eigenvalue weighted by atomic mass is 9.99.